The third-order valence-electron chi connectivity index (χ3n) is 7.16. The SMILES string of the molecule is CCc1nc2sc(N3CCC(N(C)CC(=O)N(C)C)C3)nn2c1N(C)c1nc(-c2ccc(C)cc2)c(C#N)s1. The van der Waals surface area contributed by atoms with Gasteiger partial charge in [-0.1, -0.05) is 59.4 Å². The Labute approximate surface area is 236 Å². The van der Waals surface area contributed by atoms with Gasteiger partial charge in [0.15, 0.2) is 10.9 Å². The molecule has 1 aliphatic rings. The summed E-state index contributed by atoms with van der Waals surface area (Å²) in [4.78, 5) is 31.4. The van der Waals surface area contributed by atoms with Crippen LogP contribution < -0.4 is 9.80 Å². The van der Waals surface area contributed by atoms with E-state index in [1.54, 1.807) is 30.3 Å². The van der Waals surface area contributed by atoms with Gasteiger partial charge in [0.1, 0.15) is 16.6 Å². The Morgan fingerprint density at radius 1 is 1.15 bits per heavy atom. The van der Waals surface area contributed by atoms with Gasteiger partial charge in [-0.3, -0.25) is 9.69 Å². The minimum atomic E-state index is 0.107. The van der Waals surface area contributed by atoms with Crippen LogP contribution in [0.3, 0.4) is 0 Å². The first-order valence-electron chi connectivity index (χ1n) is 13.0. The van der Waals surface area contributed by atoms with Crippen molar-refractivity contribution in [2.24, 2.45) is 0 Å². The molecule has 10 nitrogen and oxygen atoms in total. The number of nitriles is 1. The number of carbonyl (C=O) groups is 1. The number of benzene rings is 1. The zero-order valence-electron chi connectivity index (χ0n) is 23.2. The van der Waals surface area contributed by atoms with Crippen LogP contribution >= 0.6 is 22.7 Å². The van der Waals surface area contributed by atoms with Crippen LogP contribution in [-0.4, -0.2) is 89.2 Å². The first-order valence-corrected chi connectivity index (χ1v) is 14.6. The van der Waals surface area contributed by atoms with Crippen molar-refractivity contribution >= 4 is 49.6 Å². The number of hydrogen-bond acceptors (Lipinski definition) is 10. The molecule has 1 aromatic carbocycles. The summed E-state index contributed by atoms with van der Waals surface area (Å²) in [5.41, 5.74) is 3.73. The number of imidazole rings is 1. The molecule has 1 atom stereocenters. The quantitative estimate of drug-likeness (QED) is 0.317. The number of aryl methyl sites for hydroxylation is 2. The van der Waals surface area contributed by atoms with Crippen molar-refractivity contribution in [2.45, 2.75) is 32.7 Å². The zero-order chi connectivity index (χ0) is 27.8. The maximum absolute atomic E-state index is 12.2. The molecule has 0 bridgehead atoms. The van der Waals surface area contributed by atoms with Gasteiger partial charge in [-0.05, 0) is 26.8 Å². The fourth-order valence-corrected chi connectivity index (χ4v) is 6.55. The van der Waals surface area contributed by atoms with Crippen LogP contribution in [-0.2, 0) is 11.2 Å². The van der Waals surface area contributed by atoms with Crippen LogP contribution in [0.25, 0.3) is 16.2 Å². The van der Waals surface area contributed by atoms with Crippen molar-refractivity contribution < 1.29 is 4.79 Å². The molecule has 1 saturated heterocycles. The summed E-state index contributed by atoms with van der Waals surface area (Å²) in [7, 11) is 7.55. The predicted octanol–water partition coefficient (Wildman–Crippen LogP) is 4.02. The molecule has 0 N–H and O–H groups in total. The van der Waals surface area contributed by atoms with Crippen molar-refractivity contribution in [1.82, 2.24) is 29.4 Å². The van der Waals surface area contributed by atoms with Gasteiger partial charge in [0.05, 0.1) is 12.2 Å². The molecule has 1 fully saturated rings. The molecule has 204 valence electrons. The molecule has 39 heavy (non-hydrogen) atoms. The van der Waals surface area contributed by atoms with Crippen LogP contribution in [0.1, 0.15) is 29.5 Å². The molecule has 1 amide bonds. The lowest BCUT2D eigenvalue weighted by molar-refractivity contribution is -0.130. The number of hydrogen-bond donors (Lipinski definition) is 0. The fourth-order valence-electron chi connectivity index (χ4n) is 4.76. The van der Waals surface area contributed by atoms with E-state index in [4.69, 9.17) is 15.1 Å². The highest BCUT2D eigenvalue weighted by Gasteiger charge is 2.30. The maximum Gasteiger partial charge on any atom is 0.236 e. The van der Waals surface area contributed by atoms with Crippen LogP contribution in [0, 0.1) is 18.3 Å². The largest absolute Gasteiger partial charge is 0.348 e. The summed E-state index contributed by atoms with van der Waals surface area (Å²) < 4.78 is 1.91. The van der Waals surface area contributed by atoms with Crippen molar-refractivity contribution in [3.8, 4) is 17.3 Å². The smallest absolute Gasteiger partial charge is 0.236 e. The highest BCUT2D eigenvalue weighted by molar-refractivity contribution is 7.20. The summed E-state index contributed by atoms with van der Waals surface area (Å²) in [6.45, 7) is 6.23. The molecule has 1 aliphatic heterocycles. The maximum atomic E-state index is 12.2. The van der Waals surface area contributed by atoms with Gasteiger partial charge in [0.2, 0.25) is 16.0 Å². The van der Waals surface area contributed by atoms with E-state index in [2.05, 4.69) is 22.8 Å². The first-order chi connectivity index (χ1) is 18.7. The van der Waals surface area contributed by atoms with Crippen molar-refractivity contribution in [3.05, 3.63) is 40.4 Å². The molecule has 0 spiro atoms. The zero-order valence-corrected chi connectivity index (χ0v) is 24.8. The number of carbonyl (C=O) groups excluding carboxylic acids is 1. The van der Waals surface area contributed by atoms with Crippen molar-refractivity contribution in [2.75, 3.05) is 57.6 Å². The van der Waals surface area contributed by atoms with E-state index in [-0.39, 0.29) is 5.91 Å². The number of nitrogens with zero attached hydrogens (tertiary/aromatic N) is 9. The first kappa shape index (κ1) is 27.1. The lowest BCUT2D eigenvalue weighted by atomic mass is 10.1. The van der Waals surface area contributed by atoms with Gasteiger partial charge in [-0.25, -0.2) is 9.97 Å². The second-order valence-corrected chi connectivity index (χ2v) is 12.0. The van der Waals surface area contributed by atoms with E-state index in [1.165, 1.54) is 11.3 Å². The summed E-state index contributed by atoms with van der Waals surface area (Å²) in [5, 5.41) is 16.5. The van der Waals surface area contributed by atoms with Gasteiger partial charge < -0.3 is 14.7 Å². The van der Waals surface area contributed by atoms with Crippen LogP contribution in [0.5, 0.6) is 0 Å². The summed E-state index contributed by atoms with van der Waals surface area (Å²) >= 11 is 2.95. The van der Waals surface area contributed by atoms with E-state index >= 15 is 0 Å². The van der Waals surface area contributed by atoms with Gasteiger partial charge in [-0.15, -0.1) is 5.10 Å². The Balaban J connectivity index is 1.42. The average molecular weight is 564 g/mol. The minimum absolute atomic E-state index is 0.107. The fraction of sp³-hybridized carbons (Fsp3) is 0.444. The molecule has 4 heterocycles. The Kier molecular flexibility index (Phi) is 7.57. The summed E-state index contributed by atoms with van der Waals surface area (Å²) in [6, 6.07) is 10.7. The second kappa shape index (κ2) is 10.9. The van der Waals surface area contributed by atoms with E-state index < -0.39 is 0 Å². The topological polar surface area (TPSA) is 96.9 Å². The Bertz CT molecular complexity index is 1530. The summed E-state index contributed by atoms with van der Waals surface area (Å²) in [5.74, 6) is 0.976. The Hall–Kier alpha value is -3.53. The number of likely N-dealkylation sites (N-methyl/N-ethyl adjacent to an activating group) is 2. The predicted molar refractivity (Wildman–Crippen MR) is 157 cm³/mol. The molecule has 0 saturated carbocycles. The minimum Gasteiger partial charge on any atom is -0.348 e. The third kappa shape index (κ3) is 5.22. The van der Waals surface area contributed by atoms with Crippen molar-refractivity contribution in [3.63, 3.8) is 0 Å². The second-order valence-electron chi connectivity index (χ2n) is 10.1. The van der Waals surface area contributed by atoms with E-state index in [0.29, 0.717) is 23.2 Å². The number of aromatic nitrogens is 4. The van der Waals surface area contributed by atoms with Crippen LogP contribution in [0.4, 0.5) is 16.1 Å². The van der Waals surface area contributed by atoms with E-state index in [0.717, 1.165) is 63.8 Å². The molecular weight excluding hydrogens is 530 g/mol. The molecule has 0 aliphatic carbocycles. The highest BCUT2D eigenvalue weighted by Crippen LogP contribution is 2.38. The third-order valence-corrected chi connectivity index (χ3v) is 9.17. The number of rotatable bonds is 8. The van der Waals surface area contributed by atoms with Gasteiger partial charge >= 0.3 is 0 Å². The van der Waals surface area contributed by atoms with Crippen molar-refractivity contribution in [1.29, 1.82) is 5.26 Å². The molecule has 0 radical (unpaired) electrons. The number of amides is 1. The van der Waals surface area contributed by atoms with Crippen LogP contribution in [0.2, 0.25) is 0 Å². The van der Waals surface area contributed by atoms with E-state index in [1.807, 2.05) is 54.7 Å². The number of thiazole rings is 1. The number of anilines is 3. The molecule has 5 rings (SSSR count). The standard InChI is InChI=1S/C27H33N9OS2/c1-7-20-24(34(6)25-30-23(21(14-28)38-25)18-10-8-17(2)9-11-18)36-26(29-20)39-27(31-36)35-13-12-19(15-35)33(5)16-22(37)32(3)4/h8-11,19H,7,12-13,15-16H2,1-6H3. The monoisotopic (exact) mass is 563 g/mol. The Morgan fingerprint density at radius 2 is 1.90 bits per heavy atom. The van der Waals surface area contributed by atoms with Gasteiger partial charge in [0.25, 0.3) is 0 Å². The average Bonchev–Trinajstić information content (AvgIpc) is 3.70. The molecular formula is C27H33N9OS2. The van der Waals surface area contributed by atoms with Gasteiger partial charge in [0, 0.05) is 45.8 Å². The number of fused-ring (bicyclic) bond motifs is 1. The van der Waals surface area contributed by atoms with E-state index in [9.17, 15) is 10.1 Å². The highest BCUT2D eigenvalue weighted by atomic mass is 32.1. The lowest BCUT2D eigenvalue weighted by Gasteiger charge is -2.25. The van der Waals surface area contributed by atoms with Crippen LogP contribution in [0.15, 0.2) is 24.3 Å². The summed E-state index contributed by atoms with van der Waals surface area (Å²) in [6.07, 6.45) is 1.73. The normalized spacial score (nSPS) is 15.3. The molecule has 12 heteroatoms. The molecule has 4 aromatic rings. The lowest BCUT2D eigenvalue weighted by Crippen LogP contribution is -2.41. The molecule has 1 unspecified atom stereocenters. The van der Waals surface area contributed by atoms with Gasteiger partial charge in [-0.2, -0.15) is 9.78 Å². The Morgan fingerprint density at radius 3 is 2.56 bits per heavy atom. The molecule has 3 aromatic heterocycles.